The Bertz CT molecular complexity index is 290. The highest BCUT2D eigenvalue weighted by atomic mass is 35.5. The van der Waals surface area contributed by atoms with Gasteiger partial charge in [-0.25, -0.2) is 0 Å². The van der Waals surface area contributed by atoms with Crippen molar-refractivity contribution in [2.75, 3.05) is 0 Å². The van der Waals surface area contributed by atoms with Gasteiger partial charge in [0.25, 0.3) is 0 Å². The third kappa shape index (κ3) is 2.75. The molecule has 0 saturated heterocycles. The Balaban J connectivity index is 2.97. The Morgan fingerprint density at radius 3 is 2.33 bits per heavy atom. The van der Waals surface area contributed by atoms with E-state index in [1.807, 2.05) is 6.92 Å². The third-order valence-electron chi connectivity index (χ3n) is 3.32. The van der Waals surface area contributed by atoms with E-state index in [0.717, 1.165) is 24.3 Å². The molecule has 0 spiro atoms. The van der Waals surface area contributed by atoms with Crippen LogP contribution in [0.5, 0.6) is 0 Å². The summed E-state index contributed by atoms with van der Waals surface area (Å²) in [5, 5.41) is 9.75. The zero-order chi connectivity index (χ0) is 11.5. The topological polar surface area (TPSA) is 23.8 Å². The quantitative estimate of drug-likeness (QED) is 0.643. The molecule has 0 heterocycles. The van der Waals surface area contributed by atoms with E-state index in [0.29, 0.717) is 11.5 Å². The van der Waals surface area contributed by atoms with E-state index < -0.39 is 0 Å². The predicted molar refractivity (Wildman–Crippen MR) is 64.5 cm³/mol. The summed E-state index contributed by atoms with van der Waals surface area (Å²) in [7, 11) is 0. The van der Waals surface area contributed by atoms with Gasteiger partial charge < -0.3 is 0 Å². The van der Waals surface area contributed by atoms with E-state index in [2.05, 4.69) is 19.9 Å². The molecule has 0 N–H and O–H groups in total. The van der Waals surface area contributed by atoms with E-state index in [1.54, 1.807) is 0 Å². The van der Waals surface area contributed by atoms with Gasteiger partial charge in [-0.15, -0.1) is 0 Å². The summed E-state index contributed by atoms with van der Waals surface area (Å²) in [6.45, 7) is 6.29. The normalized spacial score (nSPS) is 21.3. The first kappa shape index (κ1) is 12.6. The van der Waals surface area contributed by atoms with Gasteiger partial charge in [0.15, 0.2) is 0 Å². The van der Waals surface area contributed by atoms with Crippen LogP contribution in [0.2, 0.25) is 0 Å². The lowest BCUT2D eigenvalue weighted by molar-refractivity contribution is 0.302. The molecule has 2 heteroatoms. The number of allylic oxidation sites excluding steroid dienone is 2. The lowest BCUT2D eigenvalue weighted by Crippen LogP contribution is -2.20. The van der Waals surface area contributed by atoms with Crippen molar-refractivity contribution in [3.05, 3.63) is 10.6 Å². The average Bonchev–Trinajstić information content (AvgIpc) is 2.64. The van der Waals surface area contributed by atoms with Gasteiger partial charge in [-0.2, -0.15) is 5.26 Å². The highest BCUT2D eigenvalue weighted by molar-refractivity contribution is 6.30. The molecule has 0 aromatic rings. The maximum absolute atomic E-state index is 8.92. The van der Waals surface area contributed by atoms with Gasteiger partial charge in [-0.05, 0) is 32.1 Å². The van der Waals surface area contributed by atoms with Crippen LogP contribution in [0.4, 0.5) is 0 Å². The van der Waals surface area contributed by atoms with Crippen molar-refractivity contribution in [3.8, 4) is 6.07 Å². The van der Waals surface area contributed by atoms with Crippen molar-refractivity contribution in [1.82, 2.24) is 0 Å². The standard InChI is InChI=1S/C13H20ClN/c1-10(2)8-13(6-4-5-7-13)12(14)11(3)9-15/h10H,4-8H2,1-3H3/b12-11+. The van der Waals surface area contributed by atoms with Crippen LogP contribution in [0.1, 0.15) is 52.9 Å². The van der Waals surface area contributed by atoms with E-state index in [4.69, 9.17) is 16.9 Å². The van der Waals surface area contributed by atoms with Crippen molar-refractivity contribution in [1.29, 1.82) is 5.26 Å². The van der Waals surface area contributed by atoms with Gasteiger partial charge in [0.1, 0.15) is 0 Å². The number of rotatable bonds is 3. The molecule has 0 aromatic carbocycles. The number of nitriles is 1. The van der Waals surface area contributed by atoms with Gasteiger partial charge >= 0.3 is 0 Å². The first-order valence-corrected chi connectivity index (χ1v) is 6.16. The molecule has 1 aliphatic carbocycles. The fraction of sp³-hybridized carbons (Fsp3) is 0.769. The molecule has 0 bridgehead atoms. The third-order valence-corrected chi connectivity index (χ3v) is 4.01. The molecule has 0 atom stereocenters. The van der Waals surface area contributed by atoms with E-state index in [1.165, 1.54) is 12.8 Å². The van der Waals surface area contributed by atoms with E-state index in [-0.39, 0.29) is 5.41 Å². The minimum Gasteiger partial charge on any atom is -0.193 e. The predicted octanol–water partition coefficient (Wildman–Crippen LogP) is 4.63. The minimum atomic E-state index is 0.121. The van der Waals surface area contributed by atoms with E-state index in [9.17, 15) is 0 Å². The van der Waals surface area contributed by atoms with Crippen LogP contribution in [0.15, 0.2) is 10.6 Å². The second-order valence-corrected chi connectivity index (χ2v) is 5.51. The molecular formula is C13H20ClN. The zero-order valence-corrected chi connectivity index (χ0v) is 10.7. The van der Waals surface area contributed by atoms with Crippen LogP contribution in [0, 0.1) is 22.7 Å². The Labute approximate surface area is 98.1 Å². The highest BCUT2D eigenvalue weighted by Crippen LogP contribution is 2.51. The lowest BCUT2D eigenvalue weighted by atomic mass is 9.77. The molecule has 84 valence electrons. The van der Waals surface area contributed by atoms with Crippen LogP contribution in [-0.2, 0) is 0 Å². The first-order valence-electron chi connectivity index (χ1n) is 5.79. The summed E-state index contributed by atoms with van der Waals surface area (Å²) in [4.78, 5) is 0. The smallest absolute Gasteiger partial charge is 0.0956 e. The largest absolute Gasteiger partial charge is 0.193 e. The maximum Gasteiger partial charge on any atom is 0.0956 e. The molecule has 0 radical (unpaired) electrons. The zero-order valence-electron chi connectivity index (χ0n) is 9.94. The minimum absolute atomic E-state index is 0.121. The summed E-state index contributed by atoms with van der Waals surface area (Å²) in [5.41, 5.74) is 0.828. The summed E-state index contributed by atoms with van der Waals surface area (Å²) in [5.74, 6) is 0.642. The van der Waals surface area contributed by atoms with Crippen LogP contribution in [0.25, 0.3) is 0 Å². The molecule has 1 nitrogen and oxygen atoms in total. The highest BCUT2D eigenvalue weighted by Gasteiger charge is 2.38. The monoisotopic (exact) mass is 225 g/mol. The molecule has 15 heavy (non-hydrogen) atoms. The van der Waals surface area contributed by atoms with Crippen molar-refractivity contribution in [2.24, 2.45) is 11.3 Å². The molecule has 1 saturated carbocycles. The molecule has 0 unspecified atom stereocenters. The Hall–Kier alpha value is -0.480. The molecule has 0 aromatic heterocycles. The Morgan fingerprint density at radius 2 is 1.93 bits per heavy atom. The second-order valence-electron chi connectivity index (χ2n) is 5.14. The van der Waals surface area contributed by atoms with Crippen molar-refractivity contribution in [3.63, 3.8) is 0 Å². The van der Waals surface area contributed by atoms with Crippen LogP contribution < -0.4 is 0 Å². The van der Waals surface area contributed by atoms with Crippen LogP contribution in [-0.4, -0.2) is 0 Å². The number of halogens is 1. The maximum atomic E-state index is 8.92. The molecule has 0 amide bonds. The molecule has 1 rings (SSSR count). The summed E-state index contributed by atoms with van der Waals surface area (Å²) >= 11 is 6.40. The second kappa shape index (κ2) is 5.03. The lowest BCUT2D eigenvalue weighted by Gasteiger charge is -2.31. The Morgan fingerprint density at radius 1 is 1.40 bits per heavy atom. The van der Waals surface area contributed by atoms with Crippen LogP contribution in [0.3, 0.4) is 0 Å². The van der Waals surface area contributed by atoms with Crippen LogP contribution >= 0.6 is 11.6 Å². The SMILES string of the molecule is C/C(C#N)=C(\Cl)C1(CC(C)C)CCCC1. The molecule has 1 fully saturated rings. The van der Waals surface area contributed by atoms with Gasteiger partial charge in [0.2, 0.25) is 0 Å². The summed E-state index contributed by atoms with van der Waals surface area (Å²) in [6.07, 6.45) is 5.93. The first-order chi connectivity index (χ1) is 7.02. The number of hydrogen-bond acceptors (Lipinski definition) is 1. The van der Waals surface area contributed by atoms with Crippen molar-refractivity contribution in [2.45, 2.75) is 52.9 Å². The van der Waals surface area contributed by atoms with Gasteiger partial charge in [0, 0.05) is 16.0 Å². The van der Waals surface area contributed by atoms with Gasteiger partial charge in [0.05, 0.1) is 6.07 Å². The molecular weight excluding hydrogens is 206 g/mol. The average molecular weight is 226 g/mol. The van der Waals surface area contributed by atoms with Gasteiger partial charge in [-0.3, -0.25) is 0 Å². The number of hydrogen-bond donors (Lipinski definition) is 0. The van der Waals surface area contributed by atoms with Gasteiger partial charge in [-0.1, -0.05) is 38.3 Å². The summed E-state index contributed by atoms with van der Waals surface area (Å²) < 4.78 is 0. The molecule has 1 aliphatic rings. The van der Waals surface area contributed by atoms with Crippen molar-refractivity contribution < 1.29 is 0 Å². The van der Waals surface area contributed by atoms with Crippen molar-refractivity contribution >= 4 is 11.6 Å². The van der Waals surface area contributed by atoms with E-state index >= 15 is 0 Å². The molecule has 0 aliphatic heterocycles. The fourth-order valence-electron chi connectivity index (χ4n) is 2.79. The Kier molecular flexibility index (Phi) is 4.22. The number of nitrogens with zero attached hydrogens (tertiary/aromatic N) is 1. The summed E-state index contributed by atoms with van der Waals surface area (Å²) in [6, 6.07) is 2.19. The fourth-order valence-corrected chi connectivity index (χ4v) is 3.10.